The van der Waals surface area contributed by atoms with E-state index < -0.39 is 0 Å². The zero-order valence-corrected chi connectivity index (χ0v) is 7.58. The van der Waals surface area contributed by atoms with Crippen molar-refractivity contribution in [2.24, 2.45) is 5.92 Å². The Morgan fingerprint density at radius 3 is 2.73 bits per heavy atom. The van der Waals surface area contributed by atoms with Gasteiger partial charge in [0.15, 0.2) is 0 Å². The van der Waals surface area contributed by atoms with Crippen LogP contribution in [0.25, 0.3) is 0 Å². The summed E-state index contributed by atoms with van der Waals surface area (Å²) in [5.41, 5.74) is 0. The first-order valence-electron chi connectivity index (χ1n) is 4.55. The average molecular weight is 157 g/mol. The lowest BCUT2D eigenvalue weighted by atomic mass is 9.93. The van der Waals surface area contributed by atoms with E-state index in [-0.39, 0.29) is 0 Å². The predicted molar refractivity (Wildman–Crippen MR) is 46.5 cm³/mol. The maximum Gasteiger partial charge on any atom is 0.0445 e. The lowest BCUT2D eigenvalue weighted by Crippen LogP contribution is -2.40. The van der Waals surface area contributed by atoms with Gasteiger partial charge in [0.25, 0.3) is 0 Å². The molecule has 1 aliphatic heterocycles. The number of piperidine rings is 1. The Morgan fingerprint density at radius 2 is 2.18 bits per heavy atom. The Morgan fingerprint density at radius 1 is 1.45 bits per heavy atom. The molecule has 0 bridgehead atoms. The first kappa shape index (κ1) is 9.01. The first-order valence-corrected chi connectivity index (χ1v) is 4.55. The van der Waals surface area contributed by atoms with Crippen LogP contribution in [0.2, 0.25) is 0 Å². The third-order valence-electron chi connectivity index (χ3n) is 2.68. The van der Waals surface area contributed by atoms with E-state index in [0.29, 0.717) is 12.6 Å². The molecule has 0 spiro atoms. The number of hydrogen-bond donors (Lipinski definition) is 1. The van der Waals surface area contributed by atoms with Gasteiger partial charge in [-0.05, 0) is 32.2 Å². The molecule has 1 fully saturated rings. The summed E-state index contributed by atoms with van der Waals surface area (Å²) in [6.07, 6.45) is 3.54. The fourth-order valence-corrected chi connectivity index (χ4v) is 1.94. The lowest BCUT2D eigenvalue weighted by Gasteiger charge is -2.35. The van der Waals surface area contributed by atoms with E-state index in [1.54, 1.807) is 0 Å². The number of nitrogens with zero attached hydrogens (tertiary/aromatic N) is 1. The fraction of sp³-hybridized carbons (Fsp3) is 1.00. The third-order valence-corrected chi connectivity index (χ3v) is 2.68. The molecular formula is C9H19NO. The summed E-state index contributed by atoms with van der Waals surface area (Å²) in [6, 6.07) is 0.635. The van der Waals surface area contributed by atoms with Gasteiger partial charge in [0.2, 0.25) is 0 Å². The van der Waals surface area contributed by atoms with E-state index in [4.69, 9.17) is 5.11 Å². The van der Waals surface area contributed by atoms with Crippen LogP contribution in [0.5, 0.6) is 0 Å². The van der Waals surface area contributed by atoms with Crippen LogP contribution in [0.15, 0.2) is 0 Å². The lowest BCUT2D eigenvalue weighted by molar-refractivity contribution is 0.118. The summed E-state index contributed by atoms with van der Waals surface area (Å²) >= 11 is 0. The summed E-state index contributed by atoms with van der Waals surface area (Å²) in [5.74, 6) is 0.843. The summed E-state index contributed by atoms with van der Waals surface area (Å²) in [5, 5.41) is 8.78. The van der Waals surface area contributed by atoms with Gasteiger partial charge in [-0.3, -0.25) is 0 Å². The van der Waals surface area contributed by atoms with E-state index in [2.05, 4.69) is 18.9 Å². The van der Waals surface area contributed by atoms with E-state index >= 15 is 0 Å². The average Bonchev–Trinajstić information content (AvgIpc) is 1.95. The molecule has 11 heavy (non-hydrogen) atoms. The zero-order valence-electron chi connectivity index (χ0n) is 7.58. The number of likely N-dealkylation sites (tertiary alicyclic amines) is 1. The largest absolute Gasteiger partial charge is 0.396 e. The Balaban J connectivity index is 2.31. The minimum Gasteiger partial charge on any atom is -0.396 e. The second-order valence-corrected chi connectivity index (χ2v) is 3.79. The van der Waals surface area contributed by atoms with Gasteiger partial charge in [-0.1, -0.05) is 6.92 Å². The van der Waals surface area contributed by atoms with Gasteiger partial charge in [-0.2, -0.15) is 0 Å². The third kappa shape index (κ3) is 2.46. The molecule has 1 heterocycles. The van der Waals surface area contributed by atoms with Crippen LogP contribution >= 0.6 is 0 Å². The molecule has 0 aromatic carbocycles. The van der Waals surface area contributed by atoms with Crippen molar-refractivity contribution in [3.8, 4) is 0 Å². The van der Waals surface area contributed by atoms with Gasteiger partial charge in [-0.15, -0.1) is 0 Å². The van der Waals surface area contributed by atoms with Crippen molar-refractivity contribution < 1.29 is 5.11 Å². The second kappa shape index (κ2) is 4.07. The molecule has 0 radical (unpaired) electrons. The van der Waals surface area contributed by atoms with Crippen LogP contribution in [-0.2, 0) is 0 Å². The maximum absolute atomic E-state index is 8.78. The maximum atomic E-state index is 8.78. The quantitative estimate of drug-likeness (QED) is 0.649. The van der Waals surface area contributed by atoms with Crippen LogP contribution in [0.1, 0.15) is 26.2 Å². The van der Waals surface area contributed by atoms with E-state index in [0.717, 1.165) is 12.3 Å². The molecule has 1 saturated heterocycles. The van der Waals surface area contributed by atoms with Crippen molar-refractivity contribution >= 4 is 0 Å². The minimum absolute atomic E-state index is 0.337. The molecular weight excluding hydrogens is 138 g/mol. The van der Waals surface area contributed by atoms with Crippen molar-refractivity contribution in [3.63, 3.8) is 0 Å². The van der Waals surface area contributed by atoms with Gasteiger partial charge in [0.05, 0.1) is 0 Å². The topological polar surface area (TPSA) is 23.5 Å². The molecule has 0 amide bonds. The Kier molecular flexibility index (Phi) is 3.34. The molecule has 2 nitrogen and oxygen atoms in total. The van der Waals surface area contributed by atoms with Crippen molar-refractivity contribution in [1.29, 1.82) is 0 Å². The molecule has 2 heteroatoms. The van der Waals surface area contributed by atoms with Crippen molar-refractivity contribution in [3.05, 3.63) is 0 Å². The molecule has 66 valence electrons. The predicted octanol–water partition coefficient (Wildman–Crippen LogP) is 1.10. The highest BCUT2D eigenvalue weighted by Gasteiger charge is 2.21. The van der Waals surface area contributed by atoms with Crippen LogP contribution in [0, 0.1) is 5.92 Å². The van der Waals surface area contributed by atoms with Gasteiger partial charge in [-0.25, -0.2) is 0 Å². The first-order chi connectivity index (χ1) is 5.24. The molecule has 0 aliphatic carbocycles. The van der Waals surface area contributed by atoms with Crippen molar-refractivity contribution in [2.45, 2.75) is 32.2 Å². The molecule has 0 aromatic heterocycles. The van der Waals surface area contributed by atoms with Crippen LogP contribution in [0.4, 0.5) is 0 Å². The van der Waals surface area contributed by atoms with Crippen LogP contribution < -0.4 is 0 Å². The minimum atomic E-state index is 0.337. The van der Waals surface area contributed by atoms with Gasteiger partial charge in [0.1, 0.15) is 0 Å². The number of aliphatic hydroxyl groups excluding tert-OH is 1. The smallest absolute Gasteiger partial charge is 0.0445 e. The monoisotopic (exact) mass is 157 g/mol. The highest BCUT2D eigenvalue weighted by atomic mass is 16.3. The van der Waals surface area contributed by atoms with Crippen molar-refractivity contribution in [2.75, 3.05) is 20.2 Å². The van der Waals surface area contributed by atoms with E-state index in [1.807, 2.05) is 0 Å². The molecule has 0 unspecified atom stereocenters. The van der Waals surface area contributed by atoms with Gasteiger partial charge < -0.3 is 10.0 Å². The Labute approximate surface area is 69.2 Å². The summed E-state index contributed by atoms with van der Waals surface area (Å²) in [4.78, 5) is 2.38. The number of rotatable bonds is 2. The van der Waals surface area contributed by atoms with Crippen LogP contribution in [0.3, 0.4) is 0 Å². The molecule has 2 atom stereocenters. The molecule has 1 N–H and O–H groups in total. The van der Waals surface area contributed by atoms with E-state index in [9.17, 15) is 0 Å². The van der Waals surface area contributed by atoms with Gasteiger partial charge >= 0.3 is 0 Å². The highest BCUT2D eigenvalue weighted by Crippen LogP contribution is 2.21. The van der Waals surface area contributed by atoms with Crippen LogP contribution in [-0.4, -0.2) is 36.2 Å². The summed E-state index contributed by atoms with van der Waals surface area (Å²) < 4.78 is 0. The molecule has 0 saturated carbocycles. The van der Waals surface area contributed by atoms with Crippen molar-refractivity contribution in [1.82, 2.24) is 4.90 Å². The molecule has 1 rings (SSSR count). The fourth-order valence-electron chi connectivity index (χ4n) is 1.94. The Bertz CT molecular complexity index is 116. The summed E-state index contributed by atoms with van der Waals surface area (Å²) in [6.45, 7) is 3.83. The Hall–Kier alpha value is -0.0800. The SMILES string of the molecule is C[C@@H]1CC[C@H](CCO)N(C)C1. The standard InChI is InChI=1S/C9H19NO/c1-8-3-4-9(5-6-11)10(2)7-8/h8-9,11H,3-7H2,1-2H3/t8-,9-/m1/s1. The highest BCUT2D eigenvalue weighted by molar-refractivity contribution is 4.76. The molecule has 0 aromatic rings. The van der Waals surface area contributed by atoms with Gasteiger partial charge in [0, 0.05) is 19.2 Å². The molecule has 1 aliphatic rings. The zero-order chi connectivity index (χ0) is 8.27. The number of aliphatic hydroxyl groups is 1. The normalized spacial score (nSPS) is 34.1. The number of hydrogen-bond acceptors (Lipinski definition) is 2. The summed E-state index contributed by atoms with van der Waals surface area (Å²) in [7, 11) is 2.16. The second-order valence-electron chi connectivity index (χ2n) is 3.79. The van der Waals surface area contributed by atoms with E-state index in [1.165, 1.54) is 19.4 Å².